The lowest BCUT2D eigenvalue weighted by Gasteiger charge is -2.37. The van der Waals surface area contributed by atoms with Gasteiger partial charge < -0.3 is 9.84 Å². The molecule has 1 saturated heterocycles. The molecule has 1 aliphatic heterocycles. The maximum Gasteiger partial charge on any atom is 0.325 e. The molecule has 4 heteroatoms. The quantitative estimate of drug-likeness (QED) is 0.872. The topological polar surface area (TPSA) is 49.8 Å². The van der Waals surface area contributed by atoms with Gasteiger partial charge in [0.15, 0.2) is 0 Å². The highest BCUT2D eigenvalue weighted by Gasteiger charge is 2.32. The highest BCUT2D eigenvalue weighted by atomic mass is 16.5. The Bertz CT molecular complexity index is 475. The van der Waals surface area contributed by atoms with Gasteiger partial charge in [-0.2, -0.15) is 0 Å². The van der Waals surface area contributed by atoms with Gasteiger partial charge in [-0.3, -0.25) is 9.69 Å². The van der Waals surface area contributed by atoms with Gasteiger partial charge in [0.2, 0.25) is 0 Å². The molecule has 0 aromatic heterocycles. The lowest BCUT2D eigenvalue weighted by Crippen LogP contribution is -2.43. The van der Waals surface area contributed by atoms with Crippen molar-refractivity contribution in [2.24, 2.45) is 0 Å². The molecule has 1 aromatic rings. The summed E-state index contributed by atoms with van der Waals surface area (Å²) in [5.74, 6) is -0.0262. The van der Waals surface area contributed by atoms with Crippen molar-refractivity contribution < 1.29 is 14.6 Å². The maximum atomic E-state index is 11.8. The number of carbonyl (C=O) groups is 1. The lowest BCUT2D eigenvalue weighted by atomic mass is 9.97. The van der Waals surface area contributed by atoms with Crippen LogP contribution in [0.4, 0.5) is 0 Å². The Morgan fingerprint density at radius 1 is 1.48 bits per heavy atom. The number of carboxylic acid groups (broad SMARTS) is 1. The Labute approximate surface area is 126 Å². The molecule has 1 N–H and O–H groups in total. The number of likely N-dealkylation sites (tertiary alicyclic amines) is 1. The summed E-state index contributed by atoms with van der Waals surface area (Å²) in [6.45, 7) is 5.67. The predicted octanol–water partition coefficient (Wildman–Crippen LogP) is 3.48. The van der Waals surface area contributed by atoms with E-state index < -0.39 is 12.0 Å². The van der Waals surface area contributed by atoms with Crippen LogP contribution in [0.5, 0.6) is 5.75 Å². The average molecular weight is 291 g/mol. The molecule has 0 spiro atoms. The van der Waals surface area contributed by atoms with E-state index in [1.54, 1.807) is 0 Å². The third-order valence-electron chi connectivity index (χ3n) is 4.07. The molecule has 0 bridgehead atoms. The van der Waals surface area contributed by atoms with E-state index in [0.29, 0.717) is 12.6 Å². The summed E-state index contributed by atoms with van der Waals surface area (Å²) < 4.78 is 5.63. The number of hydrogen-bond acceptors (Lipinski definition) is 3. The summed E-state index contributed by atoms with van der Waals surface area (Å²) in [7, 11) is 0. The van der Waals surface area contributed by atoms with Crippen LogP contribution in [-0.4, -0.2) is 35.2 Å². The number of benzene rings is 1. The van der Waals surface area contributed by atoms with Crippen molar-refractivity contribution in [2.75, 3.05) is 13.2 Å². The van der Waals surface area contributed by atoms with Crippen LogP contribution in [-0.2, 0) is 4.79 Å². The number of hydrogen-bond donors (Lipinski definition) is 1. The summed E-state index contributed by atoms with van der Waals surface area (Å²) >= 11 is 0. The summed E-state index contributed by atoms with van der Waals surface area (Å²) in [6, 6.07) is 7.25. The van der Waals surface area contributed by atoms with Gasteiger partial charge in [-0.1, -0.05) is 25.5 Å². The molecule has 2 atom stereocenters. The fourth-order valence-corrected chi connectivity index (χ4v) is 2.97. The highest BCUT2D eigenvalue weighted by Crippen LogP contribution is 2.30. The van der Waals surface area contributed by atoms with Crippen LogP contribution in [0.3, 0.4) is 0 Å². The van der Waals surface area contributed by atoms with Crippen molar-refractivity contribution in [1.82, 2.24) is 4.90 Å². The lowest BCUT2D eigenvalue weighted by molar-refractivity contribution is -0.145. The molecule has 116 valence electrons. The van der Waals surface area contributed by atoms with Crippen LogP contribution in [0.2, 0.25) is 0 Å². The van der Waals surface area contributed by atoms with Crippen molar-refractivity contribution in [1.29, 1.82) is 0 Å². The van der Waals surface area contributed by atoms with Gasteiger partial charge in [-0.25, -0.2) is 0 Å². The number of nitrogens with zero attached hydrogens (tertiary/aromatic N) is 1. The summed E-state index contributed by atoms with van der Waals surface area (Å²) in [5, 5.41) is 9.68. The molecule has 0 saturated carbocycles. The van der Waals surface area contributed by atoms with Crippen molar-refractivity contribution in [3.63, 3.8) is 0 Å². The van der Waals surface area contributed by atoms with E-state index in [0.717, 1.165) is 37.1 Å². The fraction of sp³-hybridized carbons (Fsp3) is 0.588. The van der Waals surface area contributed by atoms with Crippen molar-refractivity contribution in [3.8, 4) is 5.75 Å². The minimum Gasteiger partial charge on any atom is -0.494 e. The molecule has 0 aliphatic carbocycles. The van der Waals surface area contributed by atoms with Gasteiger partial charge in [-0.05, 0) is 50.4 Å². The number of rotatable bonds is 6. The van der Waals surface area contributed by atoms with Crippen LogP contribution in [0.15, 0.2) is 24.3 Å². The van der Waals surface area contributed by atoms with Crippen molar-refractivity contribution in [2.45, 2.75) is 51.6 Å². The minimum atomic E-state index is -0.781. The third kappa shape index (κ3) is 3.97. The maximum absolute atomic E-state index is 11.8. The smallest absolute Gasteiger partial charge is 0.325 e. The normalized spacial score (nSPS) is 21.0. The molecule has 2 rings (SSSR count). The van der Waals surface area contributed by atoms with Crippen LogP contribution < -0.4 is 4.74 Å². The second-order valence-electron chi connectivity index (χ2n) is 5.74. The molecule has 1 aliphatic rings. The fourth-order valence-electron chi connectivity index (χ4n) is 2.97. The second kappa shape index (κ2) is 7.46. The largest absolute Gasteiger partial charge is 0.494 e. The zero-order valence-corrected chi connectivity index (χ0v) is 12.9. The first-order valence-corrected chi connectivity index (χ1v) is 7.84. The van der Waals surface area contributed by atoms with Crippen molar-refractivity contribution >= 4 is 5.97 Å². The molecule has 1 fully saturated rings. The van der Waals surface area contributed by atoms with E-state index in [1.165, 1.54) is 6.42 Å². The first-order chi connectivity index (χ1) is 10.1. The second-order valence-corrected chi connectivity index (χ2v) is 5.74. The Morgan fingerprint density at radius 2 is 2.29 bits per heavy atom. The molecule has 0 radical (unpaired) electrons. The third-order valence-corrected chi connectivity index (χ3v) is 4.07. The molecular weight excluding hydrogens is 266 g/mol. The number of ether oxygens (including phenoxy) is 1. The zero-order chi connectivity index (χ0) is 15.2. The first-order valence-electron chi connectivity index (χ1n) is 7.84. The Kier molecular flexibility index (Phi) is 5.62. The summed E-state index contributed by atoms with van der Waals surface area (Å²) in [5.41, 5.74) is 0.810. The van der Waals surface area contributed by atoms with E-state index in [1.807, 2.05) is 24.3 Å². The van der Waals surface area contributed by atoms with Gasteiger partial charge in [-0.15, -0.1) is 0 Å². The average Bonchev–Trinajstić information content (AvgIpc) is 2.47. The summed E-state index contributed by atoms with van der Waals surface area (Å²) in [4.78, 5) is 13.9. The monoisotopic (exact) mass is 291 g/mol. The molecule has 4 nitrogen and oxygen atoms in total. The van der Waals surface area contributed by atoms with Crippen LogP contribution >= 0.6 is 0 Å². The van der Waals surface area contributed by atoms with Gasteiger partial charge in [0.25, 0.3) is 0 Å². The van der Waals surface area contributed by atoms with E-state index in [4.69, 9.17) is 4.74 Å². The SMILES string of the molecule is CCCOc1cccc(C(C(=O)O)N2CCCCC2C)c1. The number of carboxylic acids is 1. The van der Waals surface area contributed by atoms with Gasteiger partial charge >= 0.3 is 5.97 Å². The van der Waals surface area contributed by atoms with Gasteiger partial charge in [0.05, 0.1) is 6.61 Å². The van der Waals surface area contributed by atoms with Crippen LogP contribution in [0.1, 0.15) is 51.1 Å². The molecule has 21 heavy (non-hydrogen) atoms. The summed E-state index contributed by atoms with van der Waals surface area (Å²) in [6.07, 6.45) is 4.26. The van der Waals surface area contributed by atoms with Crippen molar-refractivity contribution in [3.05, 3.63) is 29.8 Å². The molecule has 2 unspecified atom stereocenters. The number of aliphatic carboxylic acids is 1. The minimum absolute atomic E-state index is 0.306. The standard InChI is InChI=1S/C17H25NO3/c1-3-11-21-15-9-6-8-14(12-15)16(17(19)20)18-10-5-4-7-13(18)2/h6,8-9,12-13,16H,3-5,7,10-11H2,1-2H3,(H,19,20). The van der Waals surface area contributed by atoms with E-state index in [-0.39, 0.29) is 0 Å². The molecule has 0 amide bonds. The van der Waals surface area contributed by atoms with E-state index in [9.17, 15) is 9.90 Å². The van der Waals surface area contributed by atoms with E-state index in [2.05, 4.69) is 18.7 Å². The van der Waals surface area contributed by atoms with Gasteiger partial charge in [0.1, 0.15) is 11.8 Å². The highest BCUT2D eigenvalue weighted by molar-refractivity contribution is 5.75. The predicted molar refractivity (Wildman–Crippen MR) is 82.6 cm³/mol. The first kappa shape index (κ1) is 15.8. The number of piperidine rings is 1. The van der Waals surface area contributed by atoms with Gasteiger partial charge in [0, 0.05) is 6.04 Å². The molecular formula is C17H25NO3. The van der Waals surface area contributed by atoms with Crippen LogP contribution in [0, 0.1) is 0 Å². The van der Waals surface area contributed by atoms with Crippen LogP contribution in [0.25, 0.3) is 0 Å². The Hall–Kier alpha value is -1.55. The Balaban J connectivity index is 2.23. The molecule has 1 heterocycles. The van der Waals surface area contributed by atoms with E-state index >= 15 is 0 Å². The molecule has 1 aromatic carbocycles. The Morgan fingerprint density at radius 3 is 2.95 bits per heavy atom. The zero-order valence-electron chi connectivity index (χ0n) is 12.9.